The molecule has 0 aromatic carbocycles. The summed E-state index contributed by atoms with van der Waals surface area (Å²) >= 11 is 1.47. The number of carbonyl (C=O) groups is 4. The van der Waals surface area contributed by atoms with E-state index in [0.717, 1.165) is 0 Å². The van der Waals surface area contributed by atoms with Gasteiger partial charge in [0.15, 0.2) is 0 Å². The van der Waals surface area contributed by atoms with E-state index in [1.54, 1.807) is 0 Å². The molecule has 1 aliphatic heterocycles. The number of carboxylic acids is 1. The number of nitrogens with two attached hydrogens (primary N) is 1. The highest BCUT2D eigenvalue weighted by Crippen LogP contribution is 2.19. The molecule has 0 aliphatic carbocycles. The fourth-order valence-corrected chi connectivity index (χ4v) is 3.93. The van der Waals surface area contributed by atoms with E-state index in [9.17, 15) is 29.4 Å². The maximum atomic E-state index is 13.0. The predicted octanol–water partition coefficient (Wildman–Crippen LogP) is -1.93. The molecular formula is C19H30N6O6S. The number of carbonyl (C=O) groups excluding carboxylic acids is 3. The van der Waals surface area contributed by atoms with Crippen LogP contribution in [0.15, 0.2) is 12.5 Å². The monoisotopic (exact) mass is 470 g/mol. The van der Waals surface area contributed by atoms with Crippen molar-refractivity contribution in [2.45, 2.75) is 49.9 Å². The Hall–Kier alpha value is -2.64. The highest BCUT2D eigenvalue weighted by atomic mass is 32.2. The fraction of sp³-hybridized carbons (Fsp3) is 0.632. The number of aliphatic carboxylic acids is 1. The summed E-state index contributed by atoms with van der Waals surface area (Å²) in [7, 11) is 0. The van der Waals surface area contributed by atoms with Gasteiger partial charge in [0.05, 0.1) is 19.0 Å². The summed E-state index contributed by atoms with van der Waals surface area (Å²) < 4.78 is 0. The third-order valence-corrected chi connectivity index (χ3v) is 5.84. The number of amides is 3. The molecule has 1 aromatic heterocycles. The van der Waals surface area contributed by atoms with Crippen LogP contribution in [0.1, 0.15) is 25.0 Å². The van der Waals surface area contributed by atoms with Crippen LogP contribution < -0.4 is 16.4 Å². The van der Waals surface area contributed by atoms with Crippen LogP contribution in [0, 0.1) is 0 Å². The van der Waals surface area contributed by atoms with E-state index in [2.05, 4.69) is 20.6 Å². The molecule has 1 fully saturated rings. The quantitative estimate of drug-likeness (QED) is 0.202. The fourth-order valence-electron chi connectivity index (χ4n) is 3.45. The van der Waals surface area contributed by atoms with Crippen molar-refractivity contribution in [1.82, 2.24) is 25.5 Å². The number of likely N-dealkylation sites (tertiary alicyclic amines) is 1. The average Bonchev–Trinajstić information content (AvgIpc) is 3.45. The van der Waals surface area contributed by atoms with Gasteiger partial charge in [-0.25, -0.2) is 9.78 Å². The van der Waals surface area contributed by atoms with Gasteiger partial charge in [0, 0.05) is 24.9 Å². The molecule has 0 spiro atoms. The normalized spacial score (nSPS) is 18.6. The van der Waals surface area contributed by atoms with Crippen molar-refractivity contribution < 1.29 is 29.4 Å². The molecule has 1 aromatic rings. The van der Waals surface area contributed by atoms with E-state index in [1.165, 1.54) is 29.2 Å². The molecule has 3 amide bonds. The molecule has 0 radical (unpaired) electrons. The Morgan fingerprint density at radius 3 is 2.69 bits per heavy atom. The van der Waals surface area contributed by atoms with Gasteiger partial charge in [0.1, 0.15) is 18.1 Å². The molecular weight excluding hydrogens is 440 g/mol. The Bertz CT molecular complexity index is 791. The number of aromatic amines is 1. The van der Waals surface area contributed by atoms with Crippen molar-refractivity contribution in [1.29, 1.82) is 0 Å². The Balaban J connectivity index is 1.99. The van der Waals surface area contributed by atoms with Gasteiger partial charge in [-0.2, -0.15) is 11.8 Å². The summed E-state index contributed by atoms with van der Waals surface area (Å²) in [6.07, 6.45) is 6.14. The molecule has 13 heteroatoms. The van der Waals surface area contributed by atoms with Gasteiger partial charge in [0.25, 0.3) is 0 Å². The van der Waals surface area contributed by atoms with Crippen LogP contribution in [0.25, 0.3) is 0 Å². The van der Waals surface area contributed by atoms with Gasteiger partial charge in [-0.1, -0.05) is 0 Å². The lowest BCUT2D eigenvalue weighted by Gasteiger charge is -2.29. The Morgan fingerprint density at radius 2 is 2.09 bits per heavy atom. The lowest BCUT2D eigenvalue weighted by atomic mass is 10.1. The zero-order chi connectivity index (χ0) is 23.7. The maximum absolute atomic E-state index is 13.0. The molecule has 32 heavy (non-hydrogen) atoms. The molecule has 0 saturated carbocycles. The van der Waals surface area contributed by atoms with Gasteiger partial charge >= 0.3 is 5.97 Å². The van der Waals surface area contributed by atoms with Crippen LogP contribution in [0.5, 0.6) is 0 Å². The zero-order valence-electron chi connectivity index (χ0n) is 17.8. The predicted molar refractivity (Wildman–Crippen MR) is 117 cm³/mol. The van der Waals surface area contributed by atoms with Crippen LogP contribution in [-0.2, 0) is 25.6 Å². The van der Waals surface area contributed by atoms with E-state index in [4.69, 9.17) is 5.73 Å². The Morgan fingerprint density at radius 1 is 1.34 bits per heavy atom. The molecule has 4 atom stereocenters. The van der Waals surface area contributed by atoms with E-state index in [1.807, 2.05) is 6.26 Å². The van der Waals surface area contributed by atoms with Crippen LogP contribution >= 0.6 is 11.8 Å². The van der Waals surface area contributed by atoms with Gasteiger partial charge in [-0.05, 0) is 31.3 Å². The minimum Gasteiger partial charge on any atom is -0.480 e. The van der Waals surface area contributed by atoms with Gasteiger partial charge in [-0.3, -0.25) is 14.4 Å². The number of imidazole rings is 1. The molecule has 178 valence electrons. The first kappa shape index (κ1) is 25.6. The molecule has 1 saturated heterocycles. The number of thioether (sulfide) groups is 1. The molecule has 4 unspecified atom stereocenters. The number of hydrogen-bond donors (Lipinski definition) is 6. The van der Waals surface area contributed by atoms with Crippen molar-refractivity contribution >= 4 is 35.5 Å². The number of nitrogens with zero attached hydrogens (tertiary/aromatic N) is 2. The molecule has 0 bridgehead atoms. The third kappa shape index (κ3) is 6.93. The molecule has 1 aliphatic rings. The first-order valence-electron chi connectivity index (χ1n) is 10.2. The number of aliphatic hydroxyl groups is 1. The number of carboxylic acid groups (broad SMARTS) is 1. The minimum absolute atomic E-state index is 0.166. The first-order chi connectivity index (χ1) is 15.3. The zero-order valence-corrected chi connectivity index (χ0v) is 18.6. The number of hydrogen-bond acceptors (Lipinski definition) is 8. The smallest absolute Gasteiger partial charge is 0.326 e. The van der Waals surface area contributed by atoms with Crippen molar-refractivity contribution in [3.05, 3.63) is 18.2 Å². The summed E-state index contributed by atoms with van der Waals surface area (Å²) in [5, 5.41) is 23.9. The summed E-state index contributed by atoms with van der Waals surface area (Å²) in [6.45, 7) is -0.413. The van der Waals surface area contributed by atoms with Gasteiger partial charge in [0.2, 0.25) is 17.7 Å². The first-order valence-corrected chi connectivity index (χ1v) is 11.6. The van der Waals surface area contributed by atoms with Crippen LogP contribution in [0.2, 0.25) is 0 Å². The van der Waals surface area contributed by atoms with E-state index >= 15 is 0 Å². The largest absolute Gasteiger partial charge is 0.480 e. The number of rotatable bonds is 12. The van der Waals surface area contributed by atoms with Crippen molar-refractivity contribution in [3.63, 3.8) is 0 Å². The van der Waals surface area contributed by atoms with Crippen LogP contribution in [0.4, 0.5) is 0 Å². The van der Waals surface area contributed by atoms with Crippen molar-refractivity contribution in [2.24, 2.45) is 5.73 Å². The van der Waals surface area contributed by atoms with Crippen LogP contribution in [-0.4, -0.2) is 98.1 Å². The maximum Gasteiger partial charge on any atom is 0.326 e. The molecule has 2 heterocycles. The second-order valence-corrected chi connectivity index (χ2v) is 8.49. The topological polar surface area (TPSA) is 191 Å². The van der Waals surface area contributed by atoms with Crippen molar-refractivity contribution in [3.8, 4) is 0 Å². The summed E-state index contributed by atoms with van der Waals surface area (Å²) in [6, 6.07) is -4.16. The number of aliphatic hydroxyl groups excluding tert-OH is 1. The number of H-pyrrole nitrogens is 1. The van der Waals surface area contributed by atoms with Crippen molar-refractivity contribution in [2.75, 3.05) is 25.2 Å². The van der Waals surface area contributed by atoms with Gasteiger partial charge < -0.3 is 36.5 Å². The molecule has 2 rings (SSSR count). The number of aromatic nitrogens is 2. The average molecular weight is 471 g/mol. The highest BCUT2D eigenvalue weighted by Gasteiger charge is 2.39. The Labute approximate surface area is 189 Å². The van der Waals surface area contributed by atoms with E-state index in [0.29, 0.717) is 24.3 Å². The molecule has 12 nitrogen and oxygen atoms in total. The minimum atomic E-state index is -1.27. The highest BCUT2D eigenvalue weighted by molar-refractivity contribution is 7.98. The van der Waals surface area contributed by atoms with E-state index in [-0.39, 0.29) is 19.4 Å². The summed E-state index contributed by atoms with van der Waals surface area (Å²) in [5.74, 6) is -2.40. The lowest BCUT2D eigenvalue weighted by Crippen LogP contribution is -2.58. The molecule has 7 N–H and O–H groups in total. The third-order valence-electron chi connectivity index (χ3n) is 5.19. The summed E-state index contributed by atoms with van der Waals surface area (Å²) in [4.78, 5) is 57.4. The Kier molecular flexibility index (Phi) is 9.94. The second kappa shape index (κ2) is 12.4. The van der Waals surface area contributed by atoms with Gasteiger partial charge in [-0.15, -0.1) is 0 Å². The number of nitrogens with one attached hydrogen (secondary N) is 3. The van der Waals surface area contributed by atoms with Crippen LogP contribution in [0.3, 0.4) is 0 Å². The lowest BCUT2D eigenvalue weighted by molar-refractivity contribution is -0.145. The summed E-state index contributed by atoms with van der Waals surface area (Å²) in [5.41, 5.74) is 6.52. The van der Waals surface area contributed by atoms with E-state index < -0.39 is 54.5 Å². The standard InChI is InChI=1S/C19H30N6O6S/c1-32-6-4-13(19(30)31)23-17(28)15-3-2-5-25(15)18(29)14(9-26)24-16(27)12(20)7-11-8-21-10-22-11/h8,10,12-15,26H,2-7,9,20H2,1H3,(H,21,22)(H,23,28)(H,24,27)(H,30,31). The SMILES string of the molecule is CSCCC(NC(=O)C1CCCN1C(=O)C(CO)NC(=O)C(N)Cc1cnc[nH]1)C(=O)O. The second-order valence-electron chi connectivity index (χ2n) is 7.50.